The van der Waals surface area contributed by atoms with Crippen LogP contribution in [0.3, 0.4) is 0 Å². The molecule has 0 aliphatic heterocycles. The Morgan fingerprint density at radius 3 is 2.55 bits per heavy atom. The first-order chi connectivity index (χ1) is 9.72. The van der Waals surface area contributed by atoms with Crippen LogP contribution in [0.4, 0.5) is 11.5 Å². The lowest BCUT2D eigenvalue weighted by Crippen LogP contribution is -2.14. The highest BCUT2D eigenvalue weighted by Crippen LogP contribution is 2.21. The summed E-state index contributed by atoms with van der Waals surface area (Å²) in [4.78, 5) is 6.39. The second-order valence-electron chi connectivity index (χ2n) is 4.82. The number of hydrogen-bond donors (Lipinski definition) is 1. The number of methoxy groups -OCH3 is 1. The van der Waals surface area contributed by atoms with Gasteiger partial charge in [-0.2, -0.15) is 0 Å². The molecule has 0 bridgehead atoms. The van der Waals surface area contributed by atoms with Crippen molar-refractivity contribution in [3.8, 4) is 0 Å². The Morgan fingerprint density at radius 1 is 1.10 bits per heavy atom. The van der Waals surface area contributed by atoms with Gasteiger partial charge in [-0.1, -0.05) is 24.3 Å². The average Bonchev–Trinajstić information content (AvgIpc) is 2.47. The van der Waals surface area contributed by atoms with E-state index < -0.39 is 0 Å². The highest BCUT2D eigenvalue weighted by atomic mass is 16.5. The third kappa shape index (κ3) is 3.48. The zero-order valence-corrected chi connectivity index (χ0v) is 12.3. The number of nitrogens with one attached hydrogen (secondary N) is 1. The summed E-state index contributed by atoms with van der Waals surface area (Å²) in [6.07, 6.45) is 1.80. The Kier molecular flexibility index (Phi) is 4.96. The standard InChI is InChI=1S/C16H21N3O/c1-19(2)16-15(9-6-10-17-16)18-11-13-7-4-5-8-14(13)12-20-3/h4-10,18H,11-12H2,1-3H3. The number of ether oxygens (including phenoxy) is 1. The third-order valence-corrected chi connectivity index (χ3v) is 3.10. The number of anilines is 2. The van der Waals surface area contributed by atoms with Crippen LogP contribution in [0.2, 0.25) is 0 Å². The minimum atomic E-state index is 0.630. The molecule has 0 saturated heterocycles. The zero-order chi connectivity index (χ0) is 14.4. The molecule has 0 radical (unpaired) electrons. The van der Waals surface area contributed by atoms with Crippen molar-refractivity contribution in [2.75, 3.05) is 31.4 Å². The molecule has 0 saturated carbocycles. The second-order valence-corrected chi connectivity index (χ2v) is 4.82. The zero-order valence-electron chi connectivity index (χ0n) is 12.3. The van der Waals surface area contributed by atoms with Gasteiger partial charge in [-0.15, -0.1) is 0 Å². The maximum atomic E-state index is 5.23. The van der Waals surface area contributed by atoms with Crippen molar-refractivity contribution in [2.24, 2.45) is 0 Å². The largest absolute Gasteiger partial charge is 0.380 e. The molecule has 20 heavy (non-hydrogen) atoms. The Hall–Kier alpha value is -2.07. The van der Waals surface area contributed by atoms with Crippen LogP contribution in [0.5, 0.6) is 0 Å². The monoisotopic (exact) mass is 271 g/mol. The van der Waals surface area contributed by atoms with Crippen molar-refractivity contribution < 1.29 is 4.74 Å². The smallest absolute Gasteiger partial charge is 0.151 e. The fourth-order valence-electron chi connectivity index (χ4n) is 2.11. The Morgan fingerprint density at radius 2 is 1.85 bits per heavy atom. The van der Waals surface area contributed by atoms with Crippen molar-refractivity contribution in [1.29, 1.82) is 0 Å². The molecule has 0 aliphatic rings. The number of nitrogens with zero attached hydrogens (tertiary/aromatic N) is 2. The molecule has 0 spiro atoms. The van der Waals surface area contributed by atoms with Crippen molar-refractivity contribution in [1.82, 2.24) is 4.98 Å². The van der Waals surface area contributed by atoms with E-state index in [0.717, 1.165) is 18.1 Å². The molecule has 0 aliphatic carbocycles. The molecule has 0 amide bonds. The van der Waals surface area contributed by atoms with E-state index in [4.69, 9.17) is 4.74 Å². The van der Waals surface area contributed by atoms with E-state index in [1.165, 1.54) is 11.1 Å². The summed E-state index contributed by atoms with van der Waals surface area (Å²) in [5.74, 6) is 0.941. The quantitative estimate of drug-likeness (QED) is 0.876. The van der Waals surface area contributed by atoms with E-state index in [1.54, 1.807) is 13.3 Å². The van der Waals surface area contributed by atoms with Gasteiger partial charge in [0.2, 0.25) is 0 Å². The highest BCUT2D eigenvalue weighted by Gasteiger charge is 2.06. The van der Waals surface area contributed by atoms with Gasteiger partial charge in [0.15, 0.2) is 5.82 Å². The average molecular weight is 271 g/mol. The van der Waals surface area contributed by atoms with Gasteiger partial charge >= 0.3 is 0 Å². The second kappa shape index (κ2) is 6.91. The van der Waals surface area contributed by atoms with Crippen molar-refractivity contribution in [2.45, 2.75) is 13.2 Å². The van der Waals surface area contributed by atoms with Gasteiger partial charge in [-0.25, -0.2) is 4.98 Å². The lowest BCUT2D eigenvalue weighted by molar-refractivity contribution is 0.184. The molecular formula is C16H21N3O. The summed E-state index contributed by atoms with van der Waals surface area (Å²) in [6.45, 7) is 1.39. The first-order valence-corrected chi connectivity index (χ1v) is 6.64. The molecule has 106 valence electrons. The van der Waals surface area contributed by atoms with Gasteiger partial charge in [-0.3, -0.25) is 0 Å². The molecule has 1 heterocycles. The molecule has 4 nitrogen and oxygen atoms in total. The van der Waals surface area contributed by atoms with Crippen LogP contribution in [-0.2, 0) is 17.9 Å². The molecule has 1 aromatic carbocycles. The van der Waals surface area contributed by atoms with Gasteiger partial charge in [-0.05, 0) is 23.3 Å². The van der Waals surface area contributed by atoms with E-state index in [2.05, 4.69) is 22.4 Å². The highest BCUT2D eigenvalue weighted by molar-refractivity contribution is 5.64. The fraction of sp³-hybridized carbons (Fsp3) is 0.312. The minimum Gasteiger partial charge on any atom is -0.380 e. The van der Waals surface area contributed by atoms with E-state index >= 15 is 0 Å². The van der Waals surface area contributed by atoms with Crippen LogP contribution in [-0.4, -0.2) is 26.2 Å². The van der Waals surface area contributed by atoms with Crippen molar-refractivity contribution >= 4 is 11.5 Å². The minimum absolute atomic E-state index is 0.630. The first-order valence-electron chi connectivity index (χ1n) is 6.64. The van der Waals surface area contributed by atoms with Gasteiger partial charge in [0.25, 0.3) is 0 Å². The van der Waals surface area contributed by atoms with E-state index in [0.29, 0.717) is 6.61 Å². The molecular weight excluding hydrogens is 250 g/mol. The van der Waals surface area contributed by atoms with E-state index in [9.17, 15) is 0 Å². The Labute approximate surface area is 120 Å². The summed E-state index contributed by atoms with van der Waals surface area (Å²) in [6, 6.07) is 12.3. The Bertz CT molecular complexity index is 555. The van der Waals surface area contributed by atoms with E-state index in [-0.39, 0.29) is 0 Å². The maximum absolute atomic E-state index is 5.23. The molecule has 2 aromatic rings. The molecule has 4 heteroatoms. The van der Waals surface area contributed by atoms with Crippen LogP contribution in [0, 0.1) is 0 Å². The van der Waals surface area contributed by atoms with Crippen molar-refractivity contribution in [3.63, 3.8) is 0 Å². The molecule has 2 rings (SSSR count). The predicted molar refractivity (Wildman–Crippen MR) is 83.0 cm³/mol. The number of hydrogen-bond acceptors (Lipinski definition) is 4. The topological polar surface area (TPSA) is 37.4 Å². The molecule has 1 aromatic heterocycles. The molecule has 1 N–H and O–H groups in total. The summed E-state index contributed by atoms with van der Waals surface area (Å²) >= 11 is 0. The van der Waals surface area contributed by atoms with Crippen LogP contribution < -0.4 is 10.2 Å². The Balaban J connectivity index is 2.13. The fourth-order valence-corrected chi connectivity index (χ4v) is 2.11. The van der Waals surface area contributed by atoms with Gasteiger partial charge in [0.1, 0.15) is 0 Å². The third-order valence-electron chi connectivity index (χ3n) is 3.10. The summed E-state index contributed by atoms with van der Waals surface area (Å²) in [5.41, 5.74) is 3.48. The molecule has 0 atom stereocenters. The number of pyridine rings is 1. The lowest BCUT2D eigenvalue weighted by Gasteiger charge is -2.17. The number of benzene rings is 1. The SMILES string of the molecule is COCc1ccccc1CNc1cccnc1N(C)C. The van der Waals surface area contributed by atoms with Gasteiger partial charge < -0.3 is 15.0 Å². The molecule has 0 fully saturated rings. The van der Waals surface area contributed by atoms with Gasteiger partial charge in [0, 0.05) is 33.9 Å². The van der Waals surface area contributed by atoms with E-state index in [1.807, 2.05) is 43.3 Å². The normalized spacial score (nSPS) is 10.3. The van der Waals surface area contributed by atoms with Crippen LogP contribution in [0.1, 0.15) is 11.1 Å². The first kappa shape index (κ1) is 14.3. The number of rotatable bonds is 6. The number of aromatic nitrogens is 1. The maximum Gasteiger partial charge on any atom is 0.151 e. The van der Waals surface area contributed by atoms with Crippen LogP contribution in [0.25, 0.3) is 0 Å². The van der Waals surface area contributed by atoms with Crippen LogP contribution in [0.15, 0.2) is 42.6 Å². The summed E-state index contributed by atoms with van der Waals surface area (Å²) < 4.78 is 5.23. The summed E-state index contributed by atoms with van der Waals surface area (Å²) in [7, 11) is 5.70. The van der Waals surface area contributed by atoms with Crippen molar-refractivity contribution in [3.05, 3.63) is 53.7 Å². The molecule has 0 unspecified atom stereocenters. The summed E-state index contributed by atoms with van der Waals surface area (Å²) in [5, 5.41) is 3.45. The predicted octanol–water partition coefficient (Wildman–Crippen LogP) is 2.91. The lowest BCUT2D eigenvalue weighted by atomic mass is 10.1. The van der Waals surface area contributed by atoms with Gasteiger partial charge in [0.05, 0.1) is 12.3 Å². The van der Waals surface area contributed by atoms with Crippen LogP contribution >= 0.6 is 0 Å².